The van der Waals surface area contributed by atoms with E-state index >= 15 is 0 Å². The molecule has 0 atom stereocenters. The zero-order valence-electron chi connectivity index (χ0n) is 9.72. The second kappa shape index (κ2) is 5.94. The predicted molar refractivity (Wildman–Crippen MR) is 73.5 cm³/mol. The summed E-state index contributed by atoms with van der Waals surface area (Å²) in [6.45, 7) is 0. The van der Waals surface area contributed by atoms with Crippen molar-refractivity contribution >= 4 is 39.4 Å². The first-order valence-corrected chi connectivity index (χ1v) is 6.27. The van der Waals surface area contributed by atoms with E-state index in [2.05, 4.69) is 36.2 Å². The summed E-state index contributed by atoms with van der Waals surface area (Å²) in [6.07, 6.45) is 1.51. The van der Waals surface area contributed by atoms with Crippen molar-refractivity contribution in [2.24, 2.45) is 0 Å². The largest absolute Gasteiger partial charge is 0.481 e. The first-order valence-electron chi connectivity index (χ1n) is 5.10. The first-order chi connectivity index (χ1) is 9.10. The molecule has 0 aliphatic carbocycles. The molecule has 98 valence electrons. The Morgan fingerprint density at radius 1 is 1.47 bits per heavy atom. The van der Waals surface area contributed by atoms with Crippen LogP contribution in [0.2, 0.25) is 5.15 Å². The van der Waals surface area contributed by atoms with Crippen LogP contribution in [0.1, 0.15) is 10.5 Å². The number of pyridine rings is 1. The number of carbonyl (C=O) groups is 1. The summed E-state index contributed by atoms with van der Waals surface area (Å²) in [6, 6.07) is 4.86. The van der Waals surface area contributed by atoms with Crippen LogP contribution in [-0.2, 0) is 0 Å². The summed E-state index contributed by atoms with van der Waals surface area (Å²) < 4.78 is 5.51. The maximum absolute atomic E-state index is 12.0. The van der Waals surface area contributed by atoms with Gasteiger partial charge < -0.3 is 4.74 Å². The molecule has 2 heterocycles. The topological polar surface area (TPSA) is 77.0 Å². The van der Waals surface area contributed by atoms with Gasteiger partial charge in [0.2, 0.25) is 11.8 Å². The second-order valence-corrected chi connectivity index (χ2v) is 4.59. The molecule has 0 fully saturated rings. The molecule has 2 aromatic heterocycles. The van der Waals surface area contributed by atoms with Gasteiger partial charge in [0, 0.05) is 16.7 Å². The highest BCUT2D eigenvalue weighted by molar-refractivity contribution is 9.10. The SMILES string of the molecule is COc1cc(Cl)nc(NC(=O)c2ncccc2Br)n1. The van der Waals surface area contributed by atoms with E-state index in [9.17, 15) is 4.79 Å². The van der Waals surface area contributed by atoms with Crippen LogP contribution in [0.3, 0.4) is 0 Å². The Hall–Kier alpha value is -1.73. The zero-order valence-corrected chi connectivity index (χ0v) is 12.1. The third-order valence-corrected chi connectivity index (χ3v) is 2.91. The average molecular weight is 344 g/mol. The molecule has 0 saturated carbocycles. The smallest absolute Gasteiger partial charge is 0.277 e. The van der Waals surface area contributed by atoms with Crippen LogP contribution in [0.5, 0.6) is 5.88 Å². The van der Waals surface area contributed by atoms with Gasteiger partial charge in [-0.05, 0) is 28.1 Å². The van der Waals surface area contributed by atoms with Crippen LogP contribution in [0.15, 0.2) is 28.9 Å². The van der Waals surface area contributed by atoms with E-state index in [1.54, 1.807) is 12.1 Å². The molecular weight excluding hydrogens is 336 g/mol. The molecule has 0 aliphatic rings. The van der Waals surface area contributed by atoms with E-state index in [0.717, 1.165) is 0 Å². The maximum atomic E-state index is 12.0. The van der Waals surface area contributed by atoms with Gasteiger partial charge >= 0.3 is 0 Å². The van der Waals surface area contributed by atoms with Gasteiger partial charge in [-0.15, -0.1) is 0 Å². The molecule has 1 amide bonds. The highest BCUT2D eigenvalue weighted by atomic mass is 79.9. The average Bonchev–Trinajstić information content (AvgIpc) is 2.38. The summed E-state index contributed by atoms with van der Waals surface area (Å²) >= 11 is 9.02. The number of methoxy groups -OCH3 is 1. The van der Waals surface area contributed by atoms with Crippen LogP contribution in [0, 0.1) is 0 Å². The molecule has 0 spiro atoms. The minimum absolute atomic E-state index is 0.0481. The fraction of sp³-hybridized carbons (Fsp3) is 0.0909. The van der Waals surface area contributed by atoms with Crippen molar-refractivity contribution in [2.45, 2.75) is 0 Å². The normalized spacial score (nSPS) is 10.1. The zero-order chi connectivity index (χ0) is 13.8. The lowest BCUT2D eigenvalue weighted by atomic mass is 10.3. The fourth-order valence-electron chi connectivity index (χ4n) is 1.27. The second-order valence-electron chi connectivity index (χ2n) is 3.34. The number of nitrogens with one attached hydrogen (secondary N) is 1. The summed E-state index contributed by atoms with van der Waals surface area (Å²) in [4.78, 5) is 23.8. The van der Waals surface area contributed by atoms with Crippen LogP contribution in [0.4, 0.5) is 5.95 Å². The minimum Gasteiger partial charge on any atom is -0.481 e. The molecule has 0 unspecified atom stereocenters. The van der Waals surface area contributed by atoms with Gasteiger partial charge in [-0.3, -0.25) is 10.1 Å². The Bertz CT molecular complexity index is 623. The monoisotopic (exact) mass is 342 g/mol. The summed E-state index contributed by atoms with van der Waals surface area (Å²) in [7, 11) is 1.44. The number of anilines is 1. The number of rotatable bonds is 3. The quantitative estimate of drug-likeness (QED) is 0.867. The van der Waals surface area contributed by atoms with Crippen molar-refractivity contribution in [3.8, 4) is 5.88 Å². The van der Waals surface area contributed by atoms with Gasteiger partial charge in [-0.2, -0.15) is 4.98 Å². The molecule has 0 bridgehead atoms. The van der Waals surface area contributed by atoms with Crippen LogP contribution >= 0.6 is 27.5 Å². The molecule has 0 radical (unpaired) electrons. The van der Waals surface area contributed by atoms with Crippen molar-refractivity contribution in [3.63, 3.8) is 0 Å². The van der Waals surface area contributed by atoms with Crippen molar-refractivity contribution in [2.75, 3.05) is 12.4 Å². The molecule has 2 rings (SSSR count). The molecule has 0 aromatic carbocycles. The minimum atomic E-state index is -0.447. The Balaban J connectivity index is 2.24. The number of aromatic nitrogens is 3. The lowest BCUT2D eigenvalue weighted by Crippen LogP contribution is -2.16. The third-order valence-electron chi connectivity index (χ3n) is 2.08. The van der Waals surface area contributed by atoms with Gasteiger partial charge in [-0.1, -0.05) is 11.6 Å². The standard InChI is InChI=1S/C11H8BrClN4O2/c1-19-8-5-7(13)15-11(16-8)17-10(18)9-6(12)3-2-4-14-9/h2-5H,1H3,(H,15,16,17,18). The number of nitrogens with zero attached hydrogens (tertiary/aromatic N) is 3. The van der Waals surface area contributed by atoms with Crippen LogP contribution in [0.25, 0.3) is 0 Å². The fourth-order valence-corrected chi connectivity index (χ4v) is 1.88. The Labute approximate surface area is 122 Å². The molecule has 8 heteroatoms. The number of hydrogen-bond donors (Lipinski definition) is 1. The van der Waals surface area contributed by atoms with E-state index in [4.69, 9.17) is 16.3 Å². The van der Waals surface area contributed by atoms with E-state index in [1.165, 1.54) is 19.4 Å². The molecule has 0 saturated heterocycles. The third kappa shape index (κ3) is 3.39. The van der Waals surface area contributed by atoms with Gasteiger partial charge in [0.05, 0.1) is 7.11 Å². The number of halogens is 2. The van der Waals surface area contributed by atoms with E-state index < -0.39 is 5.91 Å². The van der Waals surface area contributed by atoms with E-state index in [0.29, 0.717) is 4.47 Å². The molecule has 1 N–H and O–H groups in total. The van der Waals surface area contributed by atoms with Gasteiger partial charge in [0.15, 0.2) is 0 Å². The predicted octanol–water partition coefficient (Wildman–Crippen LogP) is 2.55. The van der Waals surface area contributed by atoms with Gasteiger partial charge in [-0.25, -0.2) is 9.97 Å². The molecule has 0 aliphatic heterocycles. The Morgan fingerprint density at radius 2 is 2.26 bits per heavy atom. The lowest BCUT2D eigenvalue weighted by molar-refractivity contribution is 0.102. The maximum Gasteiger partial charge on any atom is 0.277 e. The summed E-state index contributed by atoms with van der Waals surface area (Å²) in [5.41, 5.74) is 0.227. The van der Waals surface area contributed by atoms with Gasteiger partial charge in [0.25, 0.3) is 5.91 Å². The Morgan fingerprint density at radius 3 is 2.95 bits per heavy atom. The molecule has 19 heavy (non-hydrogen) atoms. The highest BCUT2D eigenvalue weighted by Gasteiger charge is 2.13. The van der Waals surface area contributed by atoms with Crippen molar-refractivity contribution < 1.29 is 9.53 Å². The molecule has 2 aromatic rings. The van der Waals surface area contributed by atoms with Crippen LogP contribution in [-0.4, -0.2) is 28.0 Å². The number of hydrogen-bond acceptors (Lipinski definition) is 5. The van der Waals surface area contributed by atoms with E-state index in [1.807, 2.05) is 0 Å². The number of carbonyl (C=O) groups excluding carboxylic acids is 1. The lowest BCUT2D eigenvalue weighted by Gasteiger charge is -2.06. The van der Waals surface area contributed by atoms with Crippen LogP contribution < -0.4 is 10.1 Å². The molecule has 6 nitrogen and oxygen atoms in total. The van der Waals surface area contributed by atoms with Gasteiger partial charge in [0.1, 0.15) is 10.8 Å². The summed E-state index contributed by atoms with van der Waals surface area (Å²) in [5.74, 6) is -0.140. The summed E-state index contributed by atoms with van der Waals surface area (Å²) in [5, 5.41) is 2.67. The van der Waals surface area contributed by atoms with E-state index in [-0.39, 0.29) is 22.7 Å². The van der Waals surface area contributed by atoms with Crippen molar-refractivity contribution in [3.05, 3.63) is 39.7 Å². The Kier molecular flexibility index (Phi) is 4.28. The highest BCUT2D eigenvalue weighted by Crippen LogP contribution is 2.18. The number of ether oxygens (including phenoxy) is 1. The number of amides is 1. The molecular formula is C11H8BrClN4O2. The van der Waals surface area contributed by atoms with Crippen molar-refractivity contribution in [1.29, 1.82) is 0 Å². The van der Waals surface area contributed by atoms with Crippen molar-refractivity contribution in [1.82, 2.24) is 15.0 Å². The first kappa shape index (κ1) is 13.7.